The number of methoxy groups -OCH3 is 1. The van der Waals surface area contributed by atoms with E-state index in [1.54, 1.807) is 13.0 Å². The normalized spacial score (nSPS) is 37.9. The Morgan fingerprint density at radius 1 is 1.24 bits per heavy atom. The second-order valence-corrected chi connectivity index (χ2v) is 9.86. The van der Waals surface area contributed by atoms with Crippen molar-refractivity contribution < 1.29 is 37.8 Å². The minimum Gasteiger partial charge on any atom is -0.472 e. The number of carbonyl (C=O) groups excluding carboxylic acids is 4. The lowest BCUT2D eigenvalue weighted by Gasteiger charge is -2.60. The smallest absolute Gasteiger partial charge is 0.407 e. The summed E-state index contributed by atoms with van der Waals surface area (Å²) >= 11 is 0. The van der Waals surface area contributed by atoms with Crippen LogP contribution >= 0.6 is 0 Å². The molecule has 1 saturated heterocycles. The van der Waals surface area contributed by atoms with Crippen LogP contribution in [0.1, 0.15) is 58.1 Å². The van der Waals surface area contributed by atoms with Crippen LogP contribution in [0.5, 0.6) is 0 Å². The molecule has 1 aromatic heterocycles. The fourth-order valence-corrected chi connectivity index (χ4v) is 6.58. The largest absolute Gasteiger partial charge is 0.472 e. The Kier molecular flexibility index (Phi) is 6.01. The molecule has 3 fully saturated rings. The van der Waals surface area contributed by atoms with Gasteiger partial charge in [0.2, 0.25) is 0 Å². The molecule has 3 aliphatic rings. The number of ether oxygens (including phenoxy) is 3. The van der Waals surface area contributed by atoms with Crippen LogP contribution in [0.15, 0.2) is 23.0 Å². The lowest BCUT2D eigenvalue weighted by Crippen LogP contribution is -2.65. The molecule has 2 saturated carbocycles. The van der Waals surface area contributed by atoms with Crippen LogP contribution in [0.4, 0.5) is 4.79 Å². The van der Waals surface area contributed by atoms with Crippen molar-refractivity contribution in [3.8, 4) is 0 Å². The lowest BCUT2D eigenvalue weighted by molar-refractivity contribution is -0.207. The number of fused-ring (bicyclic) bond motifs is 3. The van der Waals surface area contributed by atoms with Gasteiger partial charge in [-0.3, -0.25) is 14.4 Å². The predicted molar refractivity (Wildman–Crippen MR) is 114 cm³/mol. The molecule has 0 spiro atoms. The summed E-state index contributed by atoms with van der Waals surface area (Å²) in [6, 6.07) is 1.74. The first-order valence-corrected chi connectivity index (χ1v) is 11.4. The summed E-state index contributed by atoms with van der Waals surface area (Å²) in [7, 11) is 1.32. The van der Waals surface area contributed by atoms with E-state index in [9.17, 15) is 19.2 Å². The molecule has 1 aromatic rings. The van der Waals surface area contributed by atoms with Crippen LogP contribution in [0.25, 0.3) is 0 Å². The number of ketones is 1. The average molecular weight is 462 g/mol. The maximum absolute atomic E-state index is 13.9. The van der Waals surface area contributed by atoms with Gasteiger partial charge in [0.25, 0.3) is 0 Å². The SMILES string of the molecule is CCNC(=O)O[C@H]1C[C@@H](C(=O)OC)[C@]2(C)CC[C@H]3C(=O)O[C@H](c4ccoc4)C[C@]3(C)C2C1=O. The van der Waals surface area contributed by atoms with Crippen LogP contribution < -0.4 is 5.32 Å². The van der Waals surface area contributed by atoms with Crippen molar-refractivity contribution in [2.45, 2.75) is 58.7 Å². The highest BCUT2D eigenvalue weighted by Gasteiger charge is 2.67. The molecule has 0 bridgehead atoms. The Bertz CT molecular complexity index is 942. The van der Waals surface area contributed by atoms with Gasteiger partial charge < -0.3 is 23.9 Å². The minimum absolute atomic E-state index is 0.0615. The summed E-state index contributed by atoms with van der Waals surface area (Å²) in [5, 5.41) is 2.54. The van der Waals surface area contributed by atoms with Gasteiger partial charge >= 0.3 is 18.0 Å². The molecule has 1 aliphatic heterocycles. The van der Waals surface area contributed by atoms with Crippen molar-refractivity contribution in [3.63, 3.8) is 0 Å². The highest BCUT2D eigenvalue weighted by molar-refractivity contribution is 5.93. The molecule has 1 unspecified atom stereocenters. The van der Waals surface area contributed by atoms with Gasteiger partial charge in [-0.1, -0.05) is 13.8 Å². The van der Waals surface area contributed by atoms with Crippen LogP contribution in [0.3, 0.4) is 0 Å². The minimum atomic E-state index is -1.10. The van der Waals surface area contributed by atoms with Gasteiger partial charge in [0.1, 0.15) is 6.10 Å². The molecule has 180 valence electrons. The molecular weight excluding hydrogens is 430 g/mol. The molecule has 2 aliphatic carbocycles. The second-order valence-electron chi connectivity index (χ2n) is 9.86. The van der Waals surface area contributed by atoms with E-state index in [0.717, 1.165) is 5.56 Å². The van der Waals surface area contributed by atoms with Crippen molar-refractivity contribution in [1.82, 2.24) is 5.32 Å². The quantitative estimate of drug-likeness (QED) is 0.536. The van der Waals surface area contributed by atoms with E-state index in [4.69, 9.17) is 18.6 Å². The standard InChI is InChI=1S/C24H31NO8/c1-5-25-22(29)33-16-10-15(20(27)30-4)23(2)8-6-14-21(28)32-17(13-7-9-31-12-13)11-24(14,3)19(23)18(16)26/h7,9,12,14-17,19H,5-6,8,10-11H2,1-4H3,(H,25,29)/t14-,15-,16-,17-,19?,23-,24-/m0/s1. The van der Waals surface area contributed by atoms with E-state index in [2.05, 4.69) is 5.32 Å². The van der Waals surface area contributed by atoms with Gasteiger partial charge in [-0.15, -0.1) is 0 Å². The highest BCUT2D eigenvalue weighted by atomic mass is 16.6. The molecule has 4 rings (SSSR count). The van der Waals surface area contributed by atoms with Crippen LogP contribution in [0.2, 0.25) is 0 Å². The third-order valence-electron chi connectivity index (χ3n) is 8.07. The molecule has 0 radical (unpaired) electrons. The zero-order valence-corrected chi connectivity index (χ0v) is 19.4. The number of amides is 1. The molecule has 1 amide bonds. The van der Waals surface area contributed by atoms with E-state index in [0.29, 0.717) is 25.8 Å². The molecular formula is C24H31NO8. The molecule has 2 heterocycles. The molecule has 33 heavy (non-hydrogen) atoms. The number of hydrogen-bond acceptors (Lipinski definition) is 8. The Morgan fingerprint density at radius 3 is 2.64 bits per heavy atom. The van der Waals surface area contributed by atoms with Crippen molar-refractivity contribution in [1.29, 1.82) is 0 Å². The summed E-state index contributed by atoms with van der Waals surface area (Å²) in [5.41, 5.74) is -0.815. The van der Waals surface area contributed by atoms with Gasteiger partial charge in [-0.2, -0.15) is 0 Å². The molecule has 1 N–H and O–H groups in total. The number of carbonyl (C=O) groups is 4. The van der Waals surface area contributed by atoms with E-state index in [1.165, 1.54) is 19.6 Å². The first-order chi connectivity index (χ1) is 15.7. The third-order valence-corrected chi connectivity index (χ3v) is 8.07. The summed E-state index contributed by atoms with van der Waals surface area (Å²) in [4.78, 5) is 52.0. The van der Waals surface area contributed by atoms with E-state index < -0.39 is 52.9 Å². The fraction of sp³-hybridized carbons (Fsp3) is 0.667. The summed E-state index contributed by atoms with van der Waals surface area (Å²) in [6.07, 6.45) is 2.13. The van der Waals surface area contributed by atoms with Crippen LogP contribution in [0, 0.1) is 28.6 Å². The number of Topliss-reactive ketones (excluding diaryl/α,β-unsaturated/α-hetero) is 1. The molecule has 9 heteroatoms. The zero-order valence-electron chi connectivity index (χ0n) is 19.4. The molecule has 9 nitrogen and oxygen atoms in total. The van der Waals surface area contributed by atoms with E-state index in [-0.39, 0.29) is 18.2 Å². The van der Waals surface area contributed by atoms with Gasteiger partial charge in [0.05, 0.1) is 31.5 Å². The lowest BCUT2D eigenvalue weighted by atomic mass is 9.43. The topological polar surface area (TPSA) is 121 Å². The Balaban J connectivity index is 1.76. The van der Waals surface area contributed by atoms with Gasteiger partial charge in [-0.05, 0) is 43.1 Å². The number of alkyl carbamates (subject to hydrolysis) is 1. The van der Waals surface area contributed by atoms with Gasteiger partial charge in [0, 0.05) is 24.4 Å². The highest BCUT2D eigenvalue weighted by Crippen LogP contribution is 2.65. The Labute approximate surface area is 192 Å². The maximum Gasteiger partial charge on any atom is 0.407 e. The summed E-state index contributed by atoms with van der Waals surface area (Å²) in [6.45, 7) is 5.94. The third kappa shape index (κ3) is 3.71. The summed E-state index contributed by atoms with van der Waals surface area (Å²) < 4.78 is 21.5. The first kappa shape index (κ1) is 23.3. The van der Waals surface area contributed by atoms with Gasteiger partial charge in [0.15, 0.2) is 11.9 Å². The number of rotatable bonds is 4. The average Bonchev–Trinajstić information content (AvgIpc) is 3.29. The number of furan rings is 1. The van der Waals surface area contributed by atoms with Crippen LogP contribution in [-0.2, 0) is 28.6 Å². The number of hydrogen-bond donors (Lipinski definition) is 1. The van der Waals surface area contributed by atoms with Crippen molar-refractivity contribution in [2.24, 2.45) is 28.6 Å². The maximum atomic E-state index is 13.9. The van der Waals surface area contributed by atoms with Crippen molar-refractivity contribution >= 4 is 23.8 Å². The van der Waals surface area contributed by atoms with E-state index >= 15 is 0 Å². The van der Waals surface area contributed by atoms with Crippen LogP contribution in [-0.4, -0.2) is 43.6 Å². The number of esters is 2. The second kappa shape index (κ2) is 8.50. The zero-order chi connectivity index (χ0) is 24.0. The monoisotopic (exact) mass is 461 g/mol. The fourth-order valence-electron chi connectivity index (χ4n) is 6.58. The Morgan fingerprint density at radius 2 is 2.00 bits per heavy atom. The van der Waals surface area contributed by atoms with E-state index in [1.807, 2.05) is 13.8 Å². The number of cyclic esters (lactones) is 1. The van der Waals surface area contributed by atoms with Crippen molar-refractivity contribution in [3.05, 3.63) is 24.2 Å². The molecule has 0 aromatic carbocycles. The van der Waals surface area contributed by atoms with Gasteiger partial charge in [-0.25, -0.2) is 4.79 Å². The summed E-state index contributed by atoms with van der Waals surface area (Å²) in [5.74, 6) is -2.88. The Hall–Kier alpha value is -2.84. The predicted octanol–water partition coefficient (Wildman–Crippen LogP) is 3.18. The first-order valence-electron chi connectivity index (χ1n) is 11.4. The number of nitrogens with one attached hydrogen (secondary N) is 1. The van der Waals surface area contributed by atoms with Crippen molar-refractivity contribution in [2.75, 3.05) is 13.7 Å². The molecule has 7 atom stereocenters.